The zero-order chi connectivity index (χ0) is 45.4. The second-order valence-corrected chi connectivity index (χ2v) is 19.2. The number of aliphatic hydroxyl groups is 2. The number of cyclic esters (lactones) is 1. The maximum Gasteiger partial charge on any atom is 0.355 e. The van der Waals surface area contributed by atoms with E-state index in [1.807, 2.05) is 52.1 Å². The van der Waals surface area contributed by atoms with Crippen LogP contribution in [0.25, 0.3) is 33.4 Å². The summed E-state index contributed by atoms with van der Waals surface area (Å²) >= 11 is 1.36. The van der Waals surface area contributed by atoms with Crippen LogP contribution in [0.2, 0.25) is 0 Å². The predicted octanol–water partition coefficient (Wildman–Crippen LogP) is 5.06. The molecule has 4 atom stereocenters. The van der Waals surface area contributed by atoms with Crippen LogP contribution in [0.5, 0.6) is 0 Å². The molecular formula is C46H62N8O8S. The Hall–Kier alpha value is -4.94. The van der Waals surface area contributed by atoms with Gasteiger partial charge in [0.15, 0.2) is 0 Å². The van der Waals surface area contributed by atoms with Crippen molar-refractivity contribution < 1.29 is 38.9 Å². The van der Waals surface area contributed by atoms with E-state index >= 15 is 0 Å². The number of thiazole rings is 1. The standard InChI is InChI=1S/C46H62N8O8S/c1-9-53-36-14-13-29-22-32(36)33(40(53)31-12-10-18-47-38(31)28(4)61-8)24-45(5,6)26-62-43(58)46(60)17-11-19-54(50-46)42(57)34(23-37-48-35(29)25-63-37)49-41(56)39(27(2)3)51(7)44(59)52-20-15-30(55)16-21-52/h10,12-14,18,22,25,27-28,30,34,39,50,55,60H,9,11,15-17,19-21,23-24,26H2,1-8H3,(H,49,56)/t28-,34-,39-,46-/m0/s1. The molecule has 63 heavy (non-hydrogen) atoms. The average Bonchev–Trinajstić information content (AvgIpc) is 3.85. The van der Waals surface area contributed by atoms with Crippen LogP contribution < -0.4 is 10.7 Å². The fourth-order valence-corrected chi connectivity index (χ4v) is 10.0. The number of benzene rings is 1. The average molecular weight is 887 g/mol. The van der Waals surface area contributed by atoms with E-state index in [2.05, 4.69) is 40.4 Å². The first-order valence-electron chi connectivity index (χ1n) is 22.0. The van der Waals surface area contributed by atoms with Crippen molar-refractivity contribution in [1.29, 1.82) is 0 Å². The van der Waals surface area contributed by atoms with E-state index < -0.39 is 47.1 Å². The zero-order valence-electron chi connectivity index (χ0n) is 37.6. The highest BCUT2D eigenvalue weighted by Crippen LogP contribution is 2.42. The van der Waals surface area contributed by atoms with Crippen molar-refractivity contribution in [3.63, 3.8) is 0 Å². The van der Waals surface area contributed by atoms with Crippen molar-refractivity contribution in [2.24, 2.45) is 11.3 Å². The van der Waals surface area contributed by atoms with E-state index in [0.29, 0.717) is 49.6 Å². The van der Waals surface area contributed by atoms with Gasteiger partial charge < -0.3 is 39.4 Å². The molecule has 3 aliphatic rings. The monoisotopic (exact) mass is 886 g/mol. The number of esters is 1. The maximum atomic E-state index is 14.6. The molecule has 1 aromatic carbocycles. The molecule has 2 fully saturated rings. The molecule has 16 nitrogen and oxygen atoms in total. The number of aliphatic hydroxyl groups excluding tert-OH is 1. The fourth-order valence-electron chi connectivity index (χ4n) is 9.19. The van der Waals surface area contributed by atoms with Gasteiger partial charge in [0.05, 0.1) is 40.9 Å². The number of methoxy groups -OCH3 is 1. The Morgan fingerprint density at radius 2 is 1.89 bits per heavy atom. The highest BCUT2D eigenvalue weighted by molar-refractivity contribution is 7.10. The Labute approximate surface area is 372 Å². The zero-order valence-corrected chi connectivity index (χ0v) is 38.5. The van der Waals surface area contributed by atoms with E-state index in [1.54, 1.807) is 25.3 Å². The van der Waals surface area contributed by atoms with Crippen LogP contribution in [0.4, 0.5) is 4.79 Å². The second kappa shape index (κ2) is 18.6. The molecule has 4 N–H and O–H groups in total. The molecule has 0 aliphatic carbocycles. The molecule has 2 saturated heterocycles. The van der Waals surface area contributed by atoms with Crippen molar-refractivity contribution in [3.8, 4) is 22.5 Å². The van der Waals surface area contributed by atoms with Gasteiger partial charge in [-0.2, -0.15) is 5.43 Å². The number of ether oxygens (including phenoxy) is 2. The number of nitrogens with one attached hydrogen (secondary N) is 2. The molecule has 0 unspecified atom stereocenters. The van der Waals surface area contributed by atoms with Gasteiger partial charge in [-0.05, 0) is 75.3 Å². The van der Waals surface area contributed by atoms with Crippen LogP contribution in [-0.4, -0.2) is 128 Å². The largest absolute Gasteiger partial charge is 0.462 e. The first-order chi connectivity index (χ1) is 29.9. The molecule has 0 saturated carbocycles. The molecule has 0 spiro atoms. The molecule has 340 valence electrons. The molecule has 3 aromatic heterocycles. The summed E-state index contributed by atoms with van der Waals surface area (Å²) in [6.07, 6.45) is 2.69. The van der Waals surface area contributed by atoms with Gasteiger partial charge in [-0.3, -0.25) is 19.6 Å². The maximum absolute atomic E-state index is 14.6. The lowest BCUT2D eigenvalue weighted by Crippen LogP contribution is -2.67. The van der Waals surface area contributed by atoms with Gasteiger partial charge in [-0.25, -0.2) is 14.6 Å². The number of hydrogen-bond acceptors (Lipinski definition) is 12. The molecule has 0 radical (unpaired) electrons. The summed E-state index contributed by atoms with van der Waals surface area (Å²) < 4.78 is 14.0. The minimum atomic E-state index is -2.22. The molecule has 6 heterocycles. The Morgan fingerprint density at radius 3 is 2.59 bits per heavy atom. The fraction of sp³-hybridized carbons (Fsp3) is 0.565. The van der Waals surface area contributed by atoms with Gasteiger partial charge in [0, 0.05) is 92.2 Å². The minimum absolute atomic E-state index is 0.00228. The summed E-state index contributed by atoms with van der Waals surface area (Å²) in [6.45, 7) is 13.3. The number of urea groups is 1. The Morgan fingerprint density at radius 1 is 1.14 bits per heavy atom. The molecule has 4 amide bonds. The number of hydrogen-bond donors (Lipinski definition) is 4. The van der Waals surface area contributed by atoms with Gasteiger partial charge in [0.25, 0.3) is 5.91 Å². The third-order valence-corrected chi connectivity index (χ3v) is 13.5. The number of piperidine rings is 1. The van der Waals surface area contributed by atoms with Crippen molar-refractivity contribution in [2.45, 2.75) is 117 Å². The summed E-state index contributed by atoms with van der Waals surface area (Å²) in [5, 5.41) is 29.5. The Balaban J connectivity index is 1.30. The summed E-state index contributed by atoms with van der Waals surface area (Å²) in [7, 11) is 3.24. The van der Waals surface area contributed by atoms with Crippen molar-refractivity contribution in [3.05, 3.63) is 58.2 Å². The summed E-state index contributed by atoms with van der Waals surface area (Å²) in [5.74, 6) is -2.35. The number of carbonyl (C=O) groups is 4. The highest BCUT2D eigenvalue weighted by Gasteiger charge is 2.46. The van der Waals surface area contributed by atoms with E-state index in [4.69, 9.17) is 19.4 Å². The van der Waals surface area contributed by atoms with Gasteiger partial charge in [-0.1, -0.05) is 33.8 Å². The first-order valence-corrected chi connectivity index (χ1v) is 22.9. The van der Waals surface area contributed by atoms with Crippen LogP contribution >= 0.6 is 11.3 Å². The number of rotatable bonds is 8. The minimum Gasteiger partial charge on any atom is -0.462 e. The molecular weight excluding hydrogens is 825 g/mol. The quantitative estimate of drug-likeness (QED) is 0.173. The number of fused-ring (bicyclic) bond motifs is 6. The summed E-state index contributed by atoms with van der Waals surface area (Å²) in [6, 6.07) is 7.79. The van der Waals surface area contributed by atoms with E-state index in [9.17, 15) is 29.4 Å². The third kappa shape index (κ3) is 9.48. The number of nitrogens with zero attached hydrogens (tertiary/aromatic N) is 6. The van der Waals surface area contributed by atoms with Gasteiger partial charge in [0.1, 0.15) is 12.1 Å². The smallest absolute Gasteiger partial charge is 0.355 e. The lowest BCUT2D eigenvalue weighted by Gasteiger charge is -2.40. The molecule has 7 rings (SSSR count). The van der Waals surface area contributed by atoms with Crippen molar-refractivity contribution >= 4 is 46.1 Å². The van der Waals surface area contributed by atoms with Crippen LogP contribution in [0, 0.1) is 11.3 Å². The van der Waals surface area contributed by atoms with Gasteiger partial charge in [0.2, 0.25) is 11.6 Å². The van der Waals surface area contributed by atoms with E-state index in [0.717, 1.165) is 39.0 Å². The number of carbonyl (C=O) groups excluding carboxylic acids is 4. The molecule has 17 heteroatoms. The van der Waals surface area contributed by atoms with Gasteiger partial charge in [-0.15, -0.1) is 11.3 Å². The summed E-state index contributed by atoms with van der Waals surface area (Å²) in [4.78, 5) is 69.3. The number of aromatic nitrogens is 3. The first kappa shape index (κ1) is 46.1. The number of hydrazine groups is 1. The molecule has 3 aliphatic heterocycles. The predicted molar refractivity (Wildman–Crippen MR) is 239 cm³/mol. The van der Waals surface area contributed by atoms with E-state index in [1.165, 1.54) is 21.2 Å². The lowest BCUT2D eigenvalue weighted by atomic mass is 9.84. The molecule has 4 aromatic rings. The number of likely N-dealkylation sites (tertiary alicyclic amines) is 1. The van der Waals surface area contributed by atoms with Gasteiger partial charge >= 0.3 is 12.0 Å². The number of pyridine rings is 1. The lowest BCUT2D eigenvalue weighted by molar-refractivity contribution is -0.189. The SMILES string of the molecule is CCn1c(-c2cccnc2[C@H](C)OC)c2c3cc(ccc31)-c1csc(n1)C[C@H](NC(=O)[C@H](C(C)C)N(C)C(=O)N1CCC(O)CC1)C(=O)N1CCC[C@@](O)(N1)C(=O)OCC(C)(C)C2. The second-order valence-electron chi connectivity index (χ2n) is 18.3. The van der Waals surface area contributed by atoms with Crippen LogP contribution in [0.1, 0.15) is 89.6 Å². The Bertz CT molecular complexity index is 2340. The van der Waals surface area contributed by atoms with E-state index in [-0.39, 0.29) is 50.5 Å². The Kier molecular flexibility index (Phi) is 13.6. The summed E-state index contributed by atoms with van der Waals surface area (Å²) in [5.41, 5.74) is 6.28. The van der Waals surface area contributed by atoms with Crippen LogP contribution in [0.15, 0.2) is 41.9 Å². The topological polar surface area (TPSA) is 192 Å². The number of amides is 4. The number of likely N-dealkylation sites (N-methyl/N-ethyl adjacent to an activating group) is 1. The van der Waals surface area contributed by atoms with Crippen molar-refractivity contribution in [1.82, 2.24) is 40.1 Å². The molecule has 6 bridgehead atoms. The highest BCUT2D eigenvalue weighted by atomic mass is 32.1. The third-order valence-electron chi connectivity index (χ3n) is 12.6. The normalized spacial score (nSPS) is 22.1. The van der Waals surface area contributed by atoms with Crippen LogP contribution in [0.3, 0.4) is 0 Å². The van der Waals surface area contributed by atoms with Crippen molar-refractivity contribution in [2.75, 3.05) is 40.4 Å². The van der Waals surface area contributed by atoms with Crippen LogP contribution in [-0.2, 0) is 43.2 Å². The number of aryl methyl sites for hydroxylation is 1.